The summed E-state index contributed by atoms with van der Waals surface area (Å²) >= 11 is 7.21. The van der Waals surface area contributed by atoms with Crippen LogP contribution < -0.4 is 5.32 Å². The Morgan fingerprint density at radius 1 is 1.25 bits per heavy atom. The molecular formula is C5H7Br2N. The van der Waals surface area contributed by atoms with E-state index in [9.17, 15) is 0 Å². The molecule has 2 fully saturated rings. The van der Waals surface area contributed by atoms with Crippen molar-refractivity contribution in [2.45, 2.75) is 3.23 Å². The maximum Gasteiger partial charge on any atom is 0.0893 e. The van der Waals surface area contributed by atoms with Gasteiger partial charge in [-0.1, -0.05) is 31.9 Å². The average molecular weight is 241 g/mol. The molecule has 0 aromatic rings. The minimum absolute atomic E-state index is 0.325. The zero-order valence-electron chi connectivity index (χ0n) is 4.32. The number of hydrogen-bond donors (Lipinski definition) is 1. The Kier molecular flexibility index (Phi) is 1.06. The smallest absolute Gasteiger partial charge is 0.0893 e. The highest BCUT2D eigenvalue weighted by Gasteiger charge is 2.63. The van der Waals surface area contributed by atoms with Crippen LogP contribution in [0.25, 0.3) is 0 Å². The van der Waals surface area contributed by atoms with Crippen molar-refractivity contribution in [1.29, 1.82) is 0 Å². The molecule has 0 bridgehead atoms. The molecule has 1 nitrogen and oxygen atoms in total. The molecule has 0 amide bonds. The van der Waals surface area contributed by atoms with Crippen LogP contribution >= 0.6 is 31.9 Å². The first kappa shape index (κ1) is 5.69. The third-order valence-electron chi connectivity index (χ3n) is 2.09. The zero-order chi connectivity index (χ0) is 5.78. The van der Waals surface area contributed by atoms with Crippen LogP contribution in [0.1, 0.15) is 0 Å². The Morgan fingerprint density at radius 2 is 1.75 bits per heavy atom. The number of piperidine rings is 1. The minimum atomic E-state index is 0.325. The number of halogens is 2. The van der Waals surface area contributed by atoms with Crippen LogP contribution in [-0.2, 0) is 0 Å². The van der Waals surface area contributed by atoms with E-state index in [1.54, 1.807) is 0 Å². The summed E-state index contributed by atoms with van der Waals surface area (Å²) < 4.78 is 0.325. The second-order valence-corrected chi connectivity index (χ2v) is 6.23. The summed E-state index contributed by atoms with van der Waals surface area (Å²) in [6.07, 6.45) is 0. The normalized spacial score (nSPS) is 48.8. The van der Waals surface area contributed by atoms with Crippen LogP contribution in [0.3, 0.4) is 0 Å². The molecule has 0 radical (unpaired) electrons. The van der Waals surface area contributed by atoms with E-state index in [2.05, 4.69) is 37.2 Å². The van der Waals surface area contributed by atoms with Gasteiger partial charge in [-0.2, -0.15) is 0 Å². The van der Waals surface area contributed by atoms with Crippen LogP contribution in [-0.4, -0.2) is 16.3 Å². The van der Waals surface area contributed by atoms with Crippen molar-refractivity contribution in [3.63, 3.8) is 0 Å². The van der Waals surface area contributed by atoms with Gasteiger partial charge in [0.05, 0.1) is 3.23 Å². The van der Waals surface area contributed by atoms with E-state index in [-0.39, 0.29) is 0 Å². The standard InChI is InChI=1S/C5H7Br2N/c6-5(7)3-1-8-2-4(3)5/h3-4,8H,1-2H2/t3-,4-/m1/s1. The van der Waals surface area contributed by atoms with Crippen molar-refractivity contribution in [3.8, 4) is 0 Å². The molecule has 46 valence electrons. The summed E-state index contributed by atoms with van der Waals surface area (Å²) in [5.74, 6) is 1.70. The van der Waals surface area contributed by atoms with E-state index >= 15 is 0 Å². The van der Waals surface area contributed by atoms with Gasteiger partial charge in [0, 0.05) is 24.9 Å². The molecule has 0 aromatic heterocycles. The Hall–Kier alpha value is 0.920. The Labute approximate surface area is 65.5 Å². The molecule has 0 spiro atoms. The van der Waals surface area contributed by atoms with Gasteiger partial charge in [-0.25, -0.2) is 0 Å². The minimum Gasteiger partial charge on any atom is -0.316 e. The van der Waals surface area contributed by atoms with Gasteiger partial charge in [0.1, 0.15) is 0 Å². The lowest BCUT2D eigenvalue weighted by molar-refractivity contribution is 0.730. The molecule has 1 aliphatic carbocycles. The first-order valence-electron chi connectivity index (χ1n) is 2.81. The third-order valence-corrected chi connectivity index (χ3v) is 4.45. The van der Waals surface area contributed by atoms with E-state index in [4.69, 9.17) is 0 Å². The van der Waals surface area contributed by atoms with Gasteiger partial charge in [-0.05, 0) is 0 Å². The molecule has 0 aromatic carbocycles. The predicted octanol–water partition coefficient (Wildman–Crippen LogP) is 1.32. The summed E-state index contributed by atoms with van der Waals surface area (Å²) in [6, 6.07) is 0. The maximum atomic E-state index is 3.61. The first-order valence-corrected chi connectivity index (χ1v) is 4.40. The summed E-state index contributed by atoms with van der Waals surface area (Å²) in [5, 5.41) is 3.32. The Bertz CT molecular complexity index is 112. The monoisotopic (exact) mass is 239 g/mol. The summed E-state index contributed by atoms with van der Waals surface area (Å²) in [7, 11) is 0. The molecule has 2 aliphatic rings. The lowest BCUT2D eigenvalue weighted by Crippen LogP contribution is -2.17. The van der Waals surface area contributed by atoms with Gasteiger partial charge >= 0.3 is 0 Å². The summed E-state index contributed by atoms with van der Waals surface area (Å²) in [4.78, 5) is 0. The third kappa shape index (κ3) is 0.554. The van der Waals surface area contributed by atoms with Crippen LogP contribution in [0, 0.1) is 11.8 Å². The number of fused-ring (bicyclic) bond motifs is 1. The molecule has 1 N–H and O–H groups in total. The van der Waals surface area contributed by atoms with Crippen molar-refractivity contribution in [2.24, 2.45) is 11.8 Å². The molecule has 1 saturated heterocycles. The highest BCUT2D eigenvalue weighted by atomic mass is 79.9. The van der Waals surface area contributed by atoms with E-state index in [1.807, 2.05) is 0 Å². The van der Waals surface area contributed by atoms with Crippen molar-refractivity contribution in [1.82, 2.24) is 5.32 Å². The maximum absolute atomic E-state index is 3.61. The second-order valence-electron chi connectivity index (χ2n) is 2.55. The fraction of sp³-hybridized carbons (Fsp3) is 1.00. The van der Waals surface area contributed by atoms with Crippen molar-refractivity contribution in [3.05, 3.63) is 0 Å². The topological polar surface area (TPSA) is 12.0 Å². The molecule has 8 heavy (non-hydrogen) atoms. The fourth-order valence-electron chi connectivity index (χ4n) is 1.41. The fourth-order valence-corrected chi connectivity index (χ4v) is 3.07. The SMILES string of the molecule is BrC1(Br)[C@@H]2CNC[C@H]21. The van der Waals surface area contributed by atoms with Gasteiger partial charge < -0.3 is 5.32 Å². The van der Waals surface area contributed by atoms with Crippen molar-refractivity contribution in [2.75, 3.05) is 13.1 Å². The molecule has 2 rings (SSSR count). The molecule has 1 aliphatic heterocycles. The van der Waals surface area contributed by atoms with Gasteiger partial charge in [0.2, 0.25) is 0 Å². The zero-order valence-corrected chi connectivity index (χ0v) is 7.50. The molecule has 2 atom stereocenters. The Morgan fingerprint density at radius 3 is 2.00 bits per heavy atom. The second kappa shape index (κ2) is 1.50. The first-order chi connectivity index (χ1) is 3.73. The lowest BCUT2D eigenvalue weighted by Gasteiger charge is -2.02. The van der Waals surface area contributed by atoms with E-state index in [1.165, 1.54) is 13.1 Å². The number of rotatable bonds is 0. The number of nitrogens with one attached hydrogen (secondary N) is 1. The highest BCUT2D eigenvalue weighted by molar-refractivity contribution is 9.25. The van der Waals surface area contributed by atoms with Crippen molar-refractivity contribution < 1.29 is 0 Å². The Balaban J connectivity index is 2.13. The average Bonchev–Trinajstić information content (AvgIpc) is 2.22. The molecule has 1 saturated carbocycles. The molecular weight excluding hydrogens is 234 g/mol. The van der Waals surface area contributed by atoms with Crippen molar-refractivity contribution >= 4 is 31.9 Å². The quantitative estimate of drug-likeness (QED) is 0.630. The van der Waals surface area contributed by atoms with Gasteiger partial charge in [-0.3, -0.25) is 0 Å². The van der Waals surface area contributed by atoms with E-state index < -0.39 is 0 Å². The van der Waals surface area contributed by atoms with Crippen LogP contribution in [0.5, 0.6) is 0 Å². The van der Waals surface area contributed by atoms with Crippen LogP contribution in [0.2, 0.25) is 0 Å². The summed E-state index contributed by atoms with van der Waals surface area (Å²) in [6.45, 7) is 2.36. The van der Waals surface area contributed by atoms with Gasteiger partial charge in [-0.15, -0.1) is 0 Å². The molecule has 1 heterocycles. The van der Waals surface area contributed by atoms with E-state index in [0.29, 0.717) is 3.23 Å². The molecule has 0 unspecified atom stereocenters. The van der Waals surface area contributed by atoms with Crippen LogP contribution in [0.15, 0.2) is 0 Å². The highest BCUT2D eigenvalue weighted by Crippen LogP contribution is 2.63. The number of hydrogen-bond acceptors (Lipinski definition) is 1. The predicted molar refractivity (Wildman–Crippen MR) is 40.4 cm³/mol. The van der Waals surface area contributed by atoms with E-state index in [0.717, 1.165) is 11.8 Å². The largest absolute Gasteiger partial charge is 0.316 e. The van der Waals surface area contributed by atoms with Crippen LogP contribution in [0.4, 0.5) is 0 Å². The number of alkyl halides is 2. The van der Waals surface area contributed by atoms with Gasteiger partial charge in [0.15, 0.2) is 0 Å². The lowest BCUT2D eigenvalue weighted by atomic mass is 10.4. The summed E-state index contributed by atoms with van der Waals surface area (Å²) in [5.41, 5.74) is 0. The van der Waals surface area contributed by atoms with Gasteiger partial charge in [0.25, 0.3) is 0 Å². The molecule has 3 heteroatoms.